The van der Waals surface area contributed by atoms with E-state index in [1.54, 1.807) is 0 Å². The van der Waals surface area contributed by atoms with E-state index in [4.69, 9.17) is 11.6 Å². The van der Waals surface area contributed by atoms with Gasteiger partial charge in [-0.15, -0.1) is 0 Å². The van der Waals surface area contributed by atoms with Crippen molar-refractivity contribution < 1.29 is 0 Å². The van der Waals surface area contributed by atoms with Crippen LogP contribution in [-0.4, -0.2) is 7.05 Å². The molecule has 3 heteroatoms. The molecule has 78 valence electrons. The van der Waals surface area contributed by atoms with Gasteiger partial charge in [0.1, 0.15) is 0 Å². The van der Waals surface area contributed by atoms with Crippen LogP contribution in [0.15, 0.2) is 16.6 Å². The molecule has 0 aliphatic rings. The maximum atomic E-state index is 6.06. The molecular formula is C11H15BrClN. The Labute approximate surface area is 99.0 Å². The van der Waals surface area contributed by atoms with Crippen molar-refractivity contribution in [3.63, 3.8) is 0 Å². The summed E-state index contributed by atoms with van der Waals surface area (Å²) in [5.41, 5.74) is 2.30. The number of benzene rings is 1. The van der Waals surface area contributed by atoms with E-state index in [2.05, 4.69) is 41.2 Å². The summed E-state index contributed by atoms with van der Waals surface area (Å²) in [6, 6.07) is 4.06. The Morgan fingerprint density at radius 1 is 1.50 bits per heavy atom. The third-order valence-electron chi connectivity index (χ3n) is 2.50. The molecule has 14 heavy (non-hydrogen) atoms. The SMILES string of the molecule is CCC(C)c1cc(NC)c(Cl)cc1Br. The van der Waals surface area contributed by atoms with Gasteiger partial charge in [0.25, 0.3) is 0 Å². The first-order chi connectivity index (χ1) is 6.60. The molecule has 1 aromatic rings. The predicted molar refractivity (Wildman–Crippen MR) is 67.4 cm³/mol. The molecule has 1 aromatic carbocycles. The van der Waals surface area contributed by atoms with Crippen LogP contribution in [0.1, 0.15) is 31.7 Å². The van der Waals surface area contributed by atoms with Gasteiger partial charge in [0.15, 0.2) is 0 Å². The first kappa shape index (κ1) is 11.9. The highest BCUT2D eigenvalue weighted by atomic mass is 79.9. The summed E-state index contributed by atoms with van der Waals surface area (Å²) < 4.78 is 1.09. The Balaban J connectivity index is 3.17. The van der Waals surface area contributed by atoms with E-state index in [-0.39, 0.29) is 0 Å². The fourth-order valence-corrected chi connectivity index (χ4v) is 2.48. The van der Waals surface area contributed by atoms with Gasteiger partial charge in [0.05, 0.1) is 10.7 Å². The molecule has 0 fully saturated rings. The minimum Gasteiger partial charge on any atom is -0.387 e. The van der Waals surface area contributed by atoms with Crippen LogP contribution in [0.3, 0.4) is 0 Å². The molecule has 0 aliphatic heterocycles. The van der Waals surface area contributed by atoms with Crippen LogP contribution in [0.2, 0.25) is 5.02 Å². The van der Waals surface area contributed by atoms with E-state index < -0.39 is 0 Å². The molecule has 0 spiro atoms. The van der Waals surface area contributed by atoms with E-state index in [9.17, 15) is 0 Å². The molecule has 0 bridgehead atoms. The molecule has 1 rings (SSSR count). The number of hydrogen-bond donors (Lipinski definition) is 1. The van der Waals surface area contributed by atoms with Gasteiger partial charge in [-0.2, -0.15) is 0 Å². The van der Waals surface area contributed by atoms with Crippen molar-refractivity contribution >= 4 is 33.2 Å². The van der Waals surface area contributed by atoms with Crippen molar-refractivity contribution in [3.8, 4) is 0 Å². The minimum atomic E-state index is 0.550. The number of hydrogen-bond acceptors (Lipinski definition) is 1. The smallest absolute Gasteiger partial charge is 0.0648 e. The molecule has 0 amide bonds. The van der Waals surface area contributed by atoms with E-state index in [0.29, 0.717) is 5.92 Å². The first-order valence-electron chi connectivity index (χ1n) is 4.76. The lowest BCUT2D eigenvalue weighted by molar-refractivity contribution is 0.730. The molecule has 0 aromatic heterocycles. The maximum Gasteiger partial charge on any atom is 0.0648 e. The Morgan fingerprint density at radius 3 is 2.64 bits per heavy atom. The quantitative estimate of drug-likeness (QED) is 0.847. The van der Waals surface area contributed by atoms with Crippen LogP contribution >= 0.6 is 27.5 Å². The summed E-state index contributed by atoms with van der Waals surface area (Å²) in [5.74, 6) is 0.550. The average Bonchev–Trinajstić information content (AvgIpc) is 2.17. The highest BCUT2D eigenvalue weighted by Gasteiger charge is 2.10. The zero-order chi connectivity index (χ0) is 10.7. The highest BCUT2D eigenvalue weighted by molar-refractivity contribution is 9.10. The van der Waals surface area contributed by atoms with E-state index in [1.165, 1.54) is 5.56 Å². The summed E-state index contributed by atoms with van der Waals surface area (Å²) in [7, 11) is 1.88. The van der Waals surface area contributed by atoms with Crippen LogP contribution in [0.4, 0.5) is 5.69 Å². The van der Waals surface area contributed by atoms with Crippen molar-refractivity contribution in [2.45, 2.75) is 26.2 Å². The molecular weight excluding hydrogens is 261 g/mol. The molecule has 0 saturated carbocycles. The number of nitrogens with one attached hydrogen (secondary N) is 1. The Kier molecular flexibility index (Phi) is 4.27. The van der Waals surface area contributed by atoms with Gasteiger partial charge in [-0.3, -0.25) is 0 Å². The molecule has 1 atom stereocenters. The summed E-state index contributed by atoms with van der Waals surface area (Å²) in [5, 5.41) is 3.84. The van der Waals surface area contributed by atoms with Gasteiger partial charge in [-0.1, -0.05) is 41.4 Å². The first-order valence-corrected chi connectivity index (χ1v) is 5.94. The summed E-state index contributed by atoms with van der Waals surface area (Å²) in [6.45, 7) is 4.40. The van der Waals surface area contributed by atoms with Gasteiger partial charge in [-0.25, -0.2) is 0 Å². The van der Waals surface area contributed by atoms with Crippen LogP contribution < -0.4 is 5.32 Å². The third kappa shape index (κ3) is 2.43. The van der Waals surface area contributed by atoms with Gasteiger partial charge in [-0.05, 0) is 30.0 Å². The van der Waals surface area contributed by atoms with Gasteiger partial charge in [0.2, 0.25) is 0 Å². The van der Waals surface area contributed by atoms with Crippen LogP contribution in [-0.2, 0) is 0 Å². The zero-order valence-electron chi connectivity index (χ0n) is 8.70. The van der Waals surface area contributed by atoms with E-state index in [1.807, 2.05) is 13.1 Å². The fourth-order valence-electron chi connectivity index (χ4n) is 1.35. The second-order valence-electron chi connectivity index (χ2n) is 3.41. The number of halogens is 2. The monoisotopic (exact) mass is 275 g/mol. The van der Waals surface area contributed by atoms with Crippen molar-refractivity contribution in [2.75, 3.05) is 12.4 Å². The van der Waals surface area contributed by atoms with Crippen molar-refractivity contribution in [3.05, 3.63) is 27.2 Å². The Morgan fingerprint density at radius 2 is 2.14 bits per heavy atom. The molecule has 0 heterocycles. The third-order valence-corrected chi connectivity index (χ3v) is 3.50. The fraction of sp³-hybridized carbons (Fsp3) is 0.455. The van der Waals surface area contributed by atoms with Crippen LogP contribution in [0.25, 0.3) is 0 Å². The summed E-state index contributed by atoms with van der Waals surface area (Å²) >= 11 is 9.60. The standard InChI is InChI=1S/C11H15BrClN/c1-4-7(2)8-5-11(14-3)10(13)6-9(8)12/h5-7,14H,4H2,1-3H3. The summed E-state index contributed by atoms with van der Waals surface area (Å²) in [4.78, 5) is 0. The second kappa shape index (κ2) is 5.04. The molecule has 1 nitrogen and oxygen atoms in total. The van der Waals surface area contributed by atoms with Crippen LogP contribution in [0.5, 0.6) is 0 Å². The molecule has 0 aliphatic carbocycles. The van der Waals surface area contributed by atoms with Crippen molar-refractivity contribution in [1.82, 2.24) is 0 Å². The van der Waals surface area contributed by atoms with Gasteiger partial charge >= 0.3 is 0 Å². The van der Waals surface area contributed by atoms with E-state index >= 15 is 0 Å². The van der Waals surface area contributed by atoms with Gasteiger partial charge in [0, 0.05) is 11.5 Å². The van der Waals surface area contributed by atoms with Gasteiger partial charge < -0.3 is 5.32 Å². The second-order valence-corrected chi connectivity index (χ2v) is 4.67. The maximum absolute atomic E-state index is 6.06. The lowest BCUT2D eigenvalue weighted by atomic mass is 9.98. The Hall–Kier alpha value is -0.210. The molecule has 1 N–H and O–H groups in total. The Bertz CT molecular complexity index is 325. The molecule has 0 radical (unpaired) electrons. The minimum absolute atomic E-state index is 0.550. The lowest BCUT2D eigenvalue weighted by Gasteiger charge is -2.14. The average molecular weight is 277 g/mol. The largest absolute Gasteiger partial charge is 0.387 e. The molecule has 0 saturated heterocycles. The predicted octanol–water partition coefficient (Wildman–Crippen LogP) is 4.66. The van der Waals surface area contributed by atoms with E-state index in [0.717, 1.165) is 21.6 Å². The highest BCUT2D eigenvalue weighted by Crippen LogP contribution is 2.34. The zero-order valence-corrected chi connectivity index (χ0v) is 11.0. The van der Waals surface area contributed by atoms with Crippen molar-refractivity contribution in [1.29, 1.82) is 0 Å². The summed E-state index contributed by atoms with van der Waals surface area (Å²) in [6.07, 6.45) is 1.13. The van der Waals surface area contributed by atoms with Crippen molar-refractivity contribution in [2.24, 2.45) is 0 Å². The number of anilines is 1. The normalized spacial score (nSPS) is 12.6. The molecule has 1 unspecified atom stereocenters. The lowest BCUT2D eigenvalue weighted by Crippen LogP contribution is -1.97. The van der Waals surface area contributed by atoms with Crippen LogP contribution in [0, 0.1) is 0 Å². The number of rotatable bonds is 3. The topological polar surface area (TPSA) is 12.0 Å².